The van der Waals surface area contributed by atoms with Gasteiger partial charge >= 0.3 is 5.97 Å². The van der Waals surface area contributed by atoms with E-state index in [9.17, 15) is 20.0 Å². The third kappa shape index (κ3) is 2.27. The number of carbonyl (C=O) groups is 1. The molecule has 0 aliphatic heterocycles. The molecular weight excluding hydrogens is 252 g/mol. The van der Waals surface area contributed by atoms with Crippen LogP contribution in [-0.4, -0.2) is 31.3 Å². The molecule has 1 unspecified atom stereocenters. The van der Waals surface area contributed by atoms with E-state index < -0.39 is 16.5 Å². The highest BCUT2D eigenvalue weighted by atomic mass is 16.6. The molecule has 0 amide bonds. The van der Waals surface area contributed by atoms with Gasteiger partial charge in [-0.3, -0.25) is 10.1 Å². The highest BCUT2D eigenvalue weighted by Crippen LogP contribution is 2.27. The molecule has 0 saturated carbocycles. The Morgan fingerprint density at radius 3 is 2.74 bits per heavy atom. The number of nitro benzene ring substituents is 1. The van der Waals surface area contributed by atoms with Crippen LogP contribution in [0.2, 0.25) is 0 Å². The molecule has 1 aromatic carbocycles. The average molecular weight is 264 g/mol. The molecule has 0 bridgehead atoms. The van der Waals surface area contributed by atoms with E-state index in [1.165, 1.54) is 35.9 Å². The predicted molar refractivity (Wildman–Crippen MR) is 66.9 cm³/mol. The number of non-ortho nitro benzene ring substituents is 1. The van der Waals surface area contributed by atoms with Gasteiger partial charge in [-0.2, -0.15) is 0 Å². The van der Waals surface area contributed by atoms with Crippen LogP contribution in [0.3, 0.4) is 0 Å². The highest BCUT2D eigenvalue weighted by Gasteiger charge is 2.31. The zero-order valence-corrected chi connectivity index (χ0v) is 10.1. The van der Waals surface area contributed by atoms with Crippen LogP contribution in [0.25, 0.3) is 10.9 Å². The second kappa shape index (κ2) is 4.36. The molecule has 0 fully saturated rings. The first-order valence-electron chi connectivity index (χ1n) is 5.51. The van der Waals surface area contributed by atoms with Crippen LogP contribution in [0, 0.1) is 10.1 Å². The van der Waals surface area contributed by atoms with Crippen LogP contribution in [0.5, 0.6) is 0 Å². The van der Waals surface area contributed by atoms with Gasteiger partial charge < -0.3 is 14.8 Å². The summed E-state index contributed by atoms with van der Waals surface area (Å²) in [6.45, 7) is 0.992. The van der Waals surface area contributed by atoms with Crippen LogP contribution in [0.4, 0.5) is 5.69 Å². The lowest BCUT2D eigenvalue weighted by Crippen LogP contribution is -2.39. The van der Waals surface area contributed by atoms with Gasteiger partial charge in [0.25, 0.3) is 5.69 Å². The molecule has 0 radical (unpaired) electrons. The molecule has 1 heterocycles. The summed E-state index contributed by atoms with van der Waals surface area (Å²) in [4.78, 5) is 21.3. The Hall–Kier alpha value is -2.41. The fourth-order valence-corrected chi connectivity index (χ4v) is 1.90. The number of benzene rings is 1. The molecule has 0 aliphatic carbocycles. The minimum atomic E-state index is -1.93. The third-order valence-electron chi connectivity index (χ3n) is 2.93. The average Bonchev–Trinajstić information content (AvgIpc) is 2.71. The van der Waals surface area contributed by atoms with Crippen molar-refractivity contribution in [3.8, 4) is 0 Å². The molecule has 2 rings (SSSR count). The lowest BCUT2D eigenvalue weighted by atomic mass is 10.1. The second-order valence-corrected chi connectivity index (χ2v) is 4.49. The van der Waals surface area contributed by atoms with Crippen molar-refractivity contribution in [2.24, 2.45) is 0 Å². The molecule has 2 aromatic rings. The summed E-state index contributed by atoms with van der Waals surface area (Å²) in [6, 6.07) is 6.07. The van der Waals surface area contributed by atoms with Crippen molar-refractivity contribution < 1.29 is 19.9 Å². The van der Waals surface area contributed by atoms with E-state index in [1.807, 2.05) is 0 Å². The number of fused-ring (bicyclic) bond motifs is 1. The maximum Gasteiger partial charge on any atom is 0.337 e. The van der Waals surface area contributed by atoms with Gasteiger partial charge in [-0.25, -0.2) is 4.79 Å². The monoisotopic (exact) mass is 264 g/mol. The standard InChI is InChI=1S/C12H12N2O5/c1-12(17,11(15)16)7-13-6-5-8-9(13)3-2-4-10(8)14(18)19/h2-6,17H,7H2,1H3,(H,15,16). The van der Waals surface area contributed by atoms with E-state index >= 15 is 0 Å². The quantitative estimate of drug-likeness (QED) is 0.641. The zero-order chi connectivity index (χ0) is 14.2. The summed E-state index contributed by atoms with van der Waals surface area (Å²) in [5.41, 5.74) is -1.47. The molecule has 2 N–H and O–H groups in total. The first-order valence-corrected chi connectivity index (χ1v) is 5.51. The van der Waals surface area contributed by atoms with Gasteiger partial charge in [0, 0.05) is 12.3 Å². The second-order valence-electron chi connectivity index (χ2n) is 4.49. The number of aromatic nitrogens is 1. The topological polar surface area (TPSA) is 106 Å². The zero-order valence-electron chi connectivity index (χ0n) is 10.1. The fourth-order valence-electron chi connectivity index (χ4n) is 1.90. The first kappa shape index (κ1) is 13.0. The van der Waals surface area contributed by atoms with E-state index in [0.717, 1.165) is 0 Å². The van der Waals surface area contributed by atoms with Gasteiger partial charge in [-0.15, -0.1) is 0 Å². The molecule has 1 aromatic heterocycles. The van der Waals surface area contributed by atoms with Crippen molar-refractivity contribution in [2.75, 3.05) is 0 Å². The normalized spacial score (nSPS) is 14.2. The summed E-state index contributed by atoms with van der Waals surface area (Å²) < 4.78 is 1.48. The number of rotatable bonds is 4. The summed E-state index contributed by atoms with van der Waals surface area (Å²) in [6.07, 6.45) is 1.52. The molecule has 7 heteroatoms. The Kier molecular flexibility index (Phi) is 2.99. The van der Waals surface area contributed by atoms with Crippen molar-refractivity contribution in [1.29, 1.82) is 0 Å². The fraction of sp³-hybridized carbons (Fsp3) is 0.250. The Bertz CT molecular complexity index is 659. The van der Waals surface area contributed by atoms with Crippen molar-refractivity contribution in [3.05, 3.63) is 40.6 Å². The lowest BCUT2D eigenvalue weighted by Gasteiger charge is -2.19. The van der Waals surface area contributed by atoms with E-state index in [-0.39, 0.29) is 12.2 Å². The Labute approximate surface area is 107 Å². The number of hydrogen-bond donors (Lipinski definition) is 2. The van der Waals surface area contributed by atoms with E-state index in [0.29, 0.717) is 10.9 Å². The van der Waals surface area contributed by atoms with Crippen LogP contribution in [0.15, 0.2) is 30.5 Å². The van der Waals surface area contributed by atoms with Gasteiger partial charge in [0.15, 0.2) is 5.60 Å². The van der Waals surface area contributed by atoms with Crippen LogP contribution in [-0.2, 0) is 11.3 Å². The Morgan fingerprint density at radius 1 is 1.47 bits per heavy atom. The Balaban J connectivity index is 2.50. The highest BCUT2D eigenvalue weighted by molar-refractivity contribution is 5.89. The van der Waals surface area contributed by atoms with Crippen LogP contribution < -0.4 is 0 Å². The van der Waals surface area contributed by atoms with Crippen molar-refractivity contribution in [2.45, 2.75) is 19.1 Å². The van der Waals surface area contributed by atoms with Gasteiger partial charge in [-0.05, 0) is 19.1 Å². The largest absolute Gasteiger partial charge is 0.479 e. The lowest BCUT2D eigenvalue weighted by molar-refractivity contribution is -0.383. The van der Waals surface area contributed by atoms with E-state index in [2.05, 4.69) is 0 Å². The number of aliphatic carboxylic acids is 1. The number of nitrogens with zero attached hydrogens (tertiary/aromatic N) is 2. The van der Waals surface area contributed by atoms with Crippen LogP contribution >= 0.6 is 0 Å². The van der Waals surface area contributed by atoms with Gasteiger partial charge in [-0.1, -0.05) is 6.07 Å². The molecule has 0 spiro atoms. The summed E-state index contributed by atoms with van der Waals surface area (Å²) >= 11 is 0. The molecule has 19 heavy (non-hydrogen) atoms. The molecular formula is C12H12N2O5. The van der Waals surface area contributed by atoms with E-state index in [4.69, 9.17) is 5.11 Å². The minimum absolute atomic E-state index is 0.0498. The van der Waals surface area contributed by atoms with Gasteiger partial charge in [0.1, 0.15) is 0 Å². The maximum atomic E-state index is 10.9. The molecule has 7 nitrogen and oxygen atoms in total. The predicted octanol–water partition coefficient (Wildman–Crippen LogP) is 1.39. The SMILES string of the molecule is CC(O)(Cn1ccc2c([N+](=O)[O-])cccc21)C(=O)O. The van der Waals surface area contributed by atoms with Crippen molar-refractivity contribution in [3.63, 3.8) is 0 Å². The summed E-state index contributed by atoms with van der Waals surface area (Å²) in [5, 5.41) is 29.9. The number of carboxylic acid groups (broad SMARTS) is 1. The molecule has 0 saturated heterocycles. The number of carboxylic acids is 1. The smallest absolute Gasteiger partial charge is 0.337 e. The maximum absolute atomic E-state index is 10.9. The van der Waals surface area contributed by atoms with Crippen molar-refractivity contribution in [1.82, 2.24) is 4.57 Å². The Morgan fingerprint density at radius 2 is 2.16 bits per heavy atom. The number of nitro groups is 1. The number of aliphatic hydroxyl groups is 1. The minimum Gasteiger partial charge on any atom is -0.479 e. The van der Waals surface area contributed by atoms with Crippen molar-refractivity contribution >= 4 is 22.6 Å². The third-order valence-corrected chi connectivity index (χ3v) is 2.93. The molecule has 100 valence electrons. The summed E-state index contributed by atoms with van der Waals surface area (Å²) in [5.74, 6) is -1.35. The number of hydrogen-bond acceptors (Lipinski definition) is 4. The van der Waals surface area contributed by atoms with Gasteiger partial charge in [0.2, 0.25) is 0 Å². The van der Waals surface area contributed by atoms with E-state index in [1.54, 1.807) is 6.07 Å². The molecule has 0 aliphatic rings. The summed E-state index contributed by atoms with van der Waals surface area (Å²) in [7, 11) is 0. The molecule has 1 atom stereocenters. The first-order chi connectivity index (χ1) is 8.83. The van der Waals surface area contributed by atoms with Gasteiger partial charge in [0.05, 0.1) is 22.4 Å². The van der Waals surface area contributed by atoms with Crippen LogP contribution in [0.1, 0.15) is 6.92 Å².